The maximum absolute atomic E-state index is 13.1. The van der Waals surface area contributed by atoms with Crippen molar-refractivity contribution < 1.29 is 4.79 Å². The van der Waals surface area contributed by atoms with Gasteiger partial charge in [-0.15, -0.1) is 0 Å². The molecule has 2 aromatic carbocycles. The van der Waals surface area contributed by atoms with Crippen LogP contribution in [-0.2, 0) is 11.2 Å². The number of hydrogen-bond acceptors (Lipinski definition) is 4. The van der Waals surface area contributed by atoms with Crippen LogP contribution in [0.3, 0.4) is 0 Å². The van der Waals surface area contributed by atoms with Crippen LogP contribution in [0.5, 0.6) is 0 Å². The molecule has 1 atom stereocenters. The Morgan fingerprint density at radius 2 is 1.84 bits per heavy atom. The average molecular weight is 417 g/mol. The Morgan fingerprint density at radius 3 is 2.61 bits per heavy atom. The lowest BCUT2D eigenvalue weighted by Gasteiger charge is -2.37. The van der Waals surface area contributed by atoms with Gasteiger partial charge in [0.2, 0.25) is 5.91 Å². The molecule has 1 aliphatic heterocycles. The van der Waals surface area contributed by atoms with Gasteiger partial charge < -0.3 is 15.1 Å². The number of nitrogens with one attached hydrogen (secondary N) is 1. The van der Waals surface area contributed by atoms with Crippen LogP contribution in [0.4, 0.5) is 0 Å². The number of benzene rings is 2. The molecule has 1 fully saturated rings. The molecule has 0 spiro atoms. The van der Waals surface area contributed by atoms with Crippen LogP contribution in [-0.4, -0.2) is 60.5 Å². The molecule has 0 radical (unpaired) electrons. The molecule has 162 valence electrons. The number of rotatable bonds is 7. The highest BCUT2D eigenvalue weighted by molar-refractivity contribution is 5.87. The van der Waals surface area contributed by atoms with Crippen molar-refractivity contribution in [2.45, 2.75) is 31.3 Å². The Balaban J connectivity index is 1.47. The summed E-state index contributed by atoms with van der Waals surface area (Å²) in [7, 11) is 4.37. The van der Waals surface area contributed by atoms with Gasteiger partial charge in [-0.05, 0) is 57.2 Å². The van der Waals surface area contributed by atoms with E-state index in [2.05, 4.69) is 46.3 Å². The van der Waals surface area contributed by atoms with Gasteiger partial charge in [0.15, 0.2) is 0 Å². The first-order valence-corrected chi connectivity index (χ1v) is 11.2. The number of likely N-dealkylation sites (tertiary alicyclic amines) is 1. The van der Waals surface area contributed by atoms with Gasteiger partial charge in [0.25, 0.3) is 0 Å². The first kappa shape index (κ1) is 21.5. The molecule has 0 aliphatic carbocycles. The zero-order chi connectivity index (χ0) is 21.6. The molecule has 0 bridgehead atoms. The molecule has 1 amide bonds. The van der Waals surface area contributed by atoms with Crippen LogP contribution in [0.2, 0.25) is 0 Å². The van der Waals surface area contributed by atoms with E-state index in [4.69, 9.17) is 0 Å². The van der Waals surface area contributed by atoms with E-state index in [0.29, 0.717) is 12.5 Å². The molecule has 1 aliphatic rings. The van der Waals surface area contributed by atoms with E-state index < -0.39 is 0 Å². The Hall–Kier alpha value is -2.76. The lowest BCUT2D eigenvalue weighted by atomic mass is 10.0. The molecule has 3 aromatic rings. The van der Waals surface area contributed by atoms with E-state index in [1.165, 1.54) is 12.8 Å². The first-order valence-electron chi connectivity index (χ1n) is 11.2. The van der Waals surface area contributed by atoms with Crippen molar-refractivity contribution in [2.75, 3.05) is 33.7 Å². The molecular weight excluding hydrogens is 384 g/mol. The van der Waals surface area contributed by atoms with Gasteiger partial charge in [-0.1, -0.05) is 54.6 Å². The monoisotopic (exact) mass is 416 g/mol. The fourth-order valence-corrected chi connectivity index (χ4v) is 4.52. The number of aromatic nitrogens is 1. The summed E-state index contributed by atoms with van der Waals surface area (Å²) in [6.07, 6.45) is 4.46. The second-order valence-corrected chi connectivity index (χ2v) is 8.67. The third-order valence-electron chi connectivity index (χ3n) is 6.39. The van der Waals surface area contributed by atoms with Crippen molar-refractivity contribution in [3.63, 3.8) is 0 Å². The highest BCUT2D eigenvalue weighted by Gasteiger charge is 2.24. The number of carbonyl (C=O) groups excluding carboxylic acids is 1. The van der Waals surface area contributed by atoms with Crippen molar-refractivity contribution in [2.24, 2.45) is 0 Å². The highest BCUT2D eigenvalue weighted by atomic mass is 16.1. The number of hydrogen-bond donors (Lipinski definition) is 1. The zero-order valence-corrected chi connectivity index (χ0v) is 18.5. The van der Waals surface area contributed by atoms with Crippen LogP contribution in [0.1, 0.15) is 30.0 Å². The van der Waals surface area contributed by atoms with Gasteiger partial charge in [-0.3, -0.25) is 9.78 Å². The normalized spacial score (nSPS) is 16.5. The number of amides is 1. The lowest BCUT2D eigenvalue weighted by molar-refractivity contribution is -0.121. The molecule has 1 saturated heterocycles. The number of likely N-dealkylation sites (N-methyl/N-ethyl adjacent to an activating group) is 1. The van der Waals surface area contributed by atoms with Crippen molar-refractivity contribution in [3.8, 4) is 0 Å². The Bertz CT molecular complexity index is 993. The third kappa shape index (κ3) is 5.49. The van der Waals surface area contributed by atoms with Crippen molar-refractivity contribution in [1.29, 1.82) is 0 Å². The smallest absolute Gasteiger partial charge is 0.225 e. The van der Waals surface area contributed by atoms with Crippen molar-refractivity contribution in [1.82, 2.24) is 20.1 Å². The number of pyridine rings is 1. The fraction of sp³-hybridized carbons (Fsp3) is 0.385. The first-order chi connectivity index (χ1) is 15.1. The average Bonchev–Trinajstić information content (AvgIpc) is 2.80. The summed E-state index contributed by atoms with van der Waals surface area (Å²) in [5, 5.41) is 4.37. The van der Waals surface area contributed by atoms with E-state index >= 15 is 0 Å². The minimum atomic E-state index is -0.0405. The van der Waals surface area contributed by atoms with Gasteiger partial charge in [0, 0.05) is 24.2 Å². The molecule has 1 aromatic heterocycles. The van der Waals surface area contributed by atoms with Gasteiger partial charge in [-0.2, -0.15) is 0 Å². The van der Waals surface area contributed by atoms with Crippen LogP contribution in [0.15, 0.2) is 66.9 Å². The zero-order valence-electron chi connectivity index (χ0n) is 18.5. The minimum absolute atomic E-state index is 0.0313. The number of piperidine rings is 1. The lowest BCUT2D eigenvalue weighted by Crippen LogP contribution is -2.45. The maximum atomic E-state index is 13.1. The predicted octanol–water partition coefficient (Wildman–Crippen LogP) is 3.66. The summed E-state index contributed by atoms with van der Waals surface area (Å²) in [6, 6.07) is 20.8. The molecule has 31 heavy (non-hydrogen) atoms. The van der Waals surface area contributed by atoms with Crippen LogP contribution >= 0.6 is 0 Å². The van der Waals surface area contributed by atoms with Gasteiger partial charge in [0.05, 0.1) is 18.0 Å². The summed E-state index contributed by atoms with van der Waals surface area (Å²) in [6.45, 7) is 3.06. The standard InChI is InChI=1S/C26H32N4O/c1-29-16-13-23(14-17-29)30(2)19-24(20-8-4-3-5-9-20)28-25(31)18-22-11-6-10-21-12-7-15-27-26(21)22/h3-12,15,23-24H,13-14,16-19H2,1-2H3,(H,28,31)/t24-/m1/s1. The fourth-order valence-electron chi connectivity index (χ4n) is 4.52. The Morgan fingerprint density at radius 1 is 1.10 bits per heavy atom. The summed E-state index contributed by atoms with van der Waals surface area (Å²) in [4.78, 5) is 22.4. The number of carbonyl (C=O) groups is 1. The predicted molar refractivity (Wildman–Crippen MR) is 126 cm³/mol. The third-order valence-corrected chi connectivity index (χ3v) is 6.39. The summed E-state index contributed by atoms with van der Waals surface area (Å²) in [5.74, 6) is 0.0313. The van der Waals surface area contributed by atoms with Crippen LogP contribution in [0, 0.1) is 0 Å². The van der Waals surface area contributed by atoms with Crippen molar-refractivity contribution in [3.05, 3.63) is 78.0 Å². The van der Waals surface area contributed by atoms with Gasteiger partial charge in [-0.25, -0.2) is 0 Å². The summed E-state index contributed by atoms with van der Waals surface area (Å²) < 4.78 is 0. The molecule has 0 unspecified atom stereocenters. The quantitative estimate of drug-likeness (QED) is 0.639. The molecule has 5 nitrogen and oxygen atoms in total. The Labute approximate surface area is 185 Å². The van der Waals surface area contributed by atoms with E-state index in [-0.39, 0.29) is 11.9 Å². The molecule has 4 rings (SSSR count). The van der Waals surface area contributed by atoms with Crippen molar-refractivity contribution >= 4 is 16.8 Å². The molecule has 5 heteroatoms. The highest BCUT2D eigenvalue weighted by Crippen LogP contribution is 2.21. The van der Waals surface area contributed by atoms with Gasteiger partial charge >= 0.3 is 0 Å². The topological polar surface area (TPSA) is 48.5 Å². The second-order valence-electron chi connectivity index (χ2n) is 8.67. The largest absolute Gasteiger partial charge is 0.348 e. The van der Waals surface area contributed by atoms with Crippen LogP contribution in [0.25, 0.3) is 10.9 Å². The number of nitrogens with zero attached hydrogens (tertiary/aromatic N) is 3. The second kappa shape index (κ2) is 10.0. The Kier molecular flexibility index (Phi) is 6.95. The SMILES string of the molecule is CN1CCC(N(C)C[C@@H](NC(=O)Cc2cccc3cccnc23)c2ccccc2)CC1. The maximum Gasteiger partial charge on any atom is 0.225 e. The number of fused-ring (bicyclic) bond motifs is 1. The molecule has 0 saturated carbocycles. The molecule has 1 N–H and O–H groups in total. The molecular formula is C26H32N4O. The minimum Gasteiger partial charge on any atom is -0.348 e. The van der Waals surface area contributed by atoms with E-state index in [9.17, 15) is 4.79 Å². The van der Waals surface area contributed by atoms with E-state index in [1.54, 1.807) is 6.20 Å². The molecule has 2 heterocycles. The van der Waals surface area contributed by atoms with Crippen LogP contribution < -0.4 is 5.32 Å². The summed E-state index contributed by atoms with van der Waals surface area (Å²) >= 11 is 0. The summed E-state index contributed by atoms with van der Waals surface area (Å²) in [5.41, 5.74) is 3.01. The van der Waals surface area contributed by atoms with Gasteiger partial charge in [0.1, 0.15) is 0 Å². The number of para-hydroxylation sites is 1. The van der Waals surface area contributed by atoms with E-state index in [0.717, 1.165) is 41.7 Å². The van der Waals surface area contributed by atoms with E-state index in [1.807, 2.05) is 48.5 Å².